The molecule has 0 heterocycles. The lowest BCUT2D eigenvalue weighted by atomic mass is 10.2. The number of alkyl halides is 2. The van der Waals surface area contributed by atoms with Crippen LogP contribution in [0.5, 0.6) is 0 Å². The second-order valence-corrected chi connectivity index (χ2v) is 2.98. The Bertz CT molecular complexity index is 154. The summed E-state index contributed by atoms with van der Waals surface area (Å²) in [6.07, 6.45) is 0.773. The summed E-state index contributed by atoms with van der Waals surface area (Å²) in [6.45, 7) is 1.74. The topological polar surface area (TPSA) is 38.3 Å². The molecule has 0 aliphatic carbocycles. The van der Waals surface area contributed by atoms with Gasteiger partial charge >= 0.3 is 6.09 Å². The van der Waals surface area contributed by atoms with Crippen molar-refractivity contribution in [2.24, 2.45) is 0 Å². The van der Waals surface area contributed by atoms with Gasteiger partial charge in [0.15, 0.2) is 6.61 Å². The molecule has 1 N–H and O–H groups in total. The van der Waals surface area contributed by atoms with Crippen LogP contribution >= 0.6 is 0 Å². The van der Waals surface area contributed by atoms with Gasteiger partial charge in [0.2, 0.25) is 0 Å². The Morgan fingerprint density at radius 1 is 1.36 bits per heavy atom. The number of alkyl carbamates (subject to hydrolysis) is 1. The molecule has 0 unspecified atom stereocenters. The van der Waals surface area contributed by atoms with Crippen LogP contribution in [-0.4, -0.2) is 25.7 Å². The van der Waals surface area contributed by atoms with E-state index in [1.54, 1.807) is 0 Å². The Labute approximate surface area is 82.8 Å². The molecule has 0 saturated heterocycles. The summed E-state index contributed by atoms with van der Waals surface area (Å²) in [6, 6.07) is 0. The molecule has 0 aromatic heterocycles. The first-order valence-electron chi connectivity index (χ1n) is 4.85. The third-order valence-corrected chi connectivity index (χ3v) is 1.64. The van der Waals surface area contributed by atoms with E-state index in [0.717, 1.165) is 25.7 Å². The van der Waals surface area contributed by atoms with E-state index in [0.29, 0.717) is 6.54 Å². The van der Waals surface area contributed by atoms with Gasteiger partial charge in [-0.15, -0.1) is 0 Å². The Hall–Kier alpha value is -0.870. The second kappa shape index (κ2) is 8.72. The molecule has 3 nitrogen and oxygen atoms in total. The molecular weight excluding hydrogens is 192 g/mol. The maximum Gasteiger partial charge on any atom is 0.407 e. The lowest BCUT2D eigenvalue weighted by Gasteiger charge is -2.05. The van der Waals surface area contributed by atoms with E-state index in [1.165, 1.54) is 0 Å². The van der Waals surface area contributed by atoms with E-state index in [9.17, 15) is 13.6 Å². The number of rotatable bonds is 7. The van der Waals surface area contributed by atoms with Gasteiger partial charge in [-0.2, -0.15) is 0 Å². The number of halogens is 2. The van der Waals surface area contributed by atoms with Crippen LogP contribution in [0.4, 0.5) is 13.6 Å². The van der Waals surface area contributed by atoms with E-state index >= 15 is 0 Å². The number of unbranched alkanes of at least 4 members (excludes halogenated alkanes) is 3. The average molecular weight is 209 g/mol. The first-order chi connectivity index (χ1) is 6.66. The van der Waals surface area contributed by atoms with Gasteiger partial charge in [0.25, 0.3) is 6.43 Å². The highest BCUT2D eigenvalue weighted by Crippen LogP contribution is 1.97. The summed E-state index contributed by atoms with van der Waals surface area (Å²) in [5.74, 6) is 0. The molecule has 0 aromatic rings. The monoisotopic (exact) mass is 209 g/mol. The number of amides is 1. The third kappa shape index (κ3) is 9.22. The molecular formula is C9H17F2NO2. The maximum atomic E-state index is 11.6. The summed E-state index contributed by atoms with van der Waals surface area (Å²) in [4.78, 5) is 10.7. The van der Waals surface area contributed by atoms with Crippen LogP contribution < -0.4 is 5.32 Å². The van der Waals surface area contributed by atoms with Crippen molar-refractivity contribution in [3.8, 4) is 0 Å². The zero-order valence-electron chi connectivity index (χ0n) is 8.39. The molecule has 0 atom stereocenters. The van der Waals surface area contributed by atoms with Crippen LogP contribution in [0.15, 0.2) is 0 Å². The van der Waals surface area contributed by atoms with Gasteiger partial charge in [0.1, 0.15) is 0 Å². The Balaban J connectivity index is 3.18. The highest BCUT2D eigenvalue weighted by molar-refractivity contribution is 5.66. The number of ether oxygens (including phenoxy) is 1. The second-order valence-electron chi connectivity index (χ2n) is 2.98. The van der Waals surface area contributed by atoms with Crippen LogP contribution in [0.2, 0.25) is 0 Å². The summed E-state index contributed by atoms with van der Waals surface area (Å²) in [5.41, 5.74) is 0. The van der Waals surface area contributed by atoms with Crippen molar-refractivity contribution in [2.75, 3.05) is 13.2 Å². The standard InChI is InChI=1S/C9H17F2NO2/c1-2-3-4-5-6-12-9(13)14-7-8(10)11/h8H,2-7H2,1H3,(H,12,13). The van der Waals surface area contributed by atoms with E-state index in [2.05, 4.69) is 17.0 Å². The van der Waals surface area contributed by atoms with Crippen molar-refractivity contribution in [3.05, 3.63) is 0 Å². The van der Waals surface area contributed by atoms with Crippen LogP contribution in [0.1, 0.15) is 32.6 Å². The van der Waals surface area contributed by atoms with Gasteiger partial charge in [0.05, 0.1) is 0 Å². The molecule has 0 radical (unpaired) electrons. The van der Waals surface area contributed by atoms with Gasteiger partial charge in [-0.05, 0) is 6.42 Å². The third-order valence-electron chi connectivity index (χ3n) is 1.64. The molecule has 0 saturated carbocycles. The Morgan fingerprint density at radius 3 is 2.64 bits per heavy atom. The highest BCUT2D eigenvalue weighted by atomic mass is 19.3. The highest BCUT2D eigenvalue weighted by Gasteiger charge is 2.06. The fourth-order valence-corrected chi connectivity index (χ4v) is 0.932. The van der Waals surface area contributed by atoms with Crippen molar-refractivity contribution in [1.29, 1.82) is 0 Å². The smallest absolute Gasteiger partial charge is 0.407 e. The van der Waals surface area contributed by atoms with Crippen molar-refractivity contribution in [3.63, 3.8) is 0 Å². The van der Waals surface area contributed by atoms with Gasteiger partial charge in [-0.3, -0.25) is 0 Å². The molecule has 0 spiro atoms. The Morgan fingerprint density at radius 2 is 2.07 bits per heavy atom. The number of hydrogen-bond acceptors (Lipinski definition) is 2. The van der Waals surface area contributed by atoms with Crippen molar-refractivity contribution in [1.82, 2.24) is 5.32 Å². The Kier molecular flexibility index (Phi) is 8.17. The fraction of sp³-hybridized carbons (Fsp3) is 0.889. The van der Waals surface area contributed by atoms with Gasteiger partial charge in [-0.25, -0.2) is 13.6 Å². The van der Waals surface area contributed by atoms with Crippen LogP contribution in [0, 0.1) is 0 Å². The predicted molar refractivity (Wildman–Crippen MR) is 49.5 cm³/mol. The summed E-state index contributed by atoms with van der Waals surface area (Å²) >= 11 is 0. The van der Waals surface area contributed by atoms with E-state index in [1.807, 2.05) is 0 Å². The fourth-order valence-electron chi connectivity index (χ4n) is 0.932. The molecule has 0 fully saturated rings. The normalized spacial score (nSPS) is 10.3. The quantitative estimate of drug-likeness (QED) is 0.654. The number of carbonyl (C=O) groups excluding carboxylic acids is 1. The molecule has 5 heteroatoms. The zero-order chi connectivity index (χ0) is 10.8. The zero-order valence-corrected chi connectivity index (χ0v) is 8.39. The number of hydrogen-bond donors (Lipinski definition) is 1. The SMILES string of the molecule is CCCCCCNC(=O)OCC(F)F. The minimum absolute atomic E-state index is 0.488. The molecule has 84 valence electrons. The van der Waals surface area contributed by atoms with Crippen molar-refractivity contribution in [2.45, 2.75) is 39.0 Å². The number of carbonyl (C=O) groups is 1. The molecule has 0 rings (SSSR count). The van der Waals surface area contributed by atoms with Gasteiger partial charge in [0, 0.05) is 6.54 Å². The maximum absolute atomic E-state index is 11.6. The lowest BCUT2D eigenvalue weighted by Crippen LogP contribution is -2.27. The van der Waals surface area contributed by atoms with E-state index in [4.69, 9.17) is 0 Å². The lowest BCUT2D eigenvalue weighted by molar-refractivity contribution is 0.0489. The van der Waals surface area contributed by atoms with Crippen LogP contribution in [0.25, 0.3) is 0 Å². The van der Waals surface area contributed by atoms with E-state index < -0.39 is 19.1 Å². The van der Waals surface area contributed by atoms with Crippen molar-refractivity contribution >= 4 is 6.09 Å². The van der Waals surface area contributed by atoms with Crippen LogP contribution in [-0.2, 0) is 4.74 Å². The summed E-state index contributed by atoms with van der Waals surface area (Å²) in [7, 11) is 0. The molecule has 0 bridgehead atoms. The predicted octanol–water partition coefficient (Wildman–Crippen LogP) is 2.56. The minimum atomic E-state index is -2.60. The molecule has 1 amide bonds. The average Bonchev–Trinajstić information content (AvgIpc) is 2.14. The molecule has 14 heavy (non-hydrogen) atoms. The summed E-state index contributed by atoms with van der Waals surface area (Å²) < 4.78 is 27.4. The van der Waals surface area contributed by atoms with E-state index in [-0.39, 0.29) is 0 Å². The molecule has 0 aliphatic rings. The first-order valence-corrected chi connectivity index (χ1v) is 4.85. The van der Waals surface area contributed by atoms with Gasteiger partial charge in [-0.1, -0.05) is 26.2 Å². The van der Waals surface area contributed by atoms with Gasteiger partial charge < -0.3 is 10.1 Å². The van der Waals surface area contributed by atoms with Crippen molar-refractivity contribution < 1.29 is 18.3 Å². The molecule has 0 aromatic carbocycles. The molecule has 0 aliphatic heterocycles. The number of nitrogens with one attached hydrogen (secondary N) is 1. The van der Waals surface area contributed by atoms with Crippen LogP contribution in [0.3, 0.4) is 0 Å². The minimum Gasteiger partial charge on any atom is -0.443 e. The first kappa shape index (κ1) is 13.1. The largest absolute Gasteiger partial charge is 0.443 e. The summed E-state index contributed by atoms with van der Waals surface area (Å²) in [5, 5.41) is 2.40.